The van der Waals surface area contributed by atoms with Gasteiger partial charge < -0.3 is 15.0 Å². The zero-order chi connectivity index (χ0) is 12.1. The molecule has 0 aromatic heterocycles. The summed E-state index contributed by atoms with van der Waals surface area (Å²) in [5, 5.41) is 3.61. The van der Waals surface area contributed by atoms with Crippen molar-refractivity contribution in [1.82, 2.24) is 10.2 Å². The highest BCUT2D eigenvalue weighted by molar-refractivity contribution is 4.81. The normalized spacial score (nSPS) is 27.4. The van der Waals surface area contributed by atoms with E-state index in [0.717, 1.165) is 31.1 Å². The van der Waals surface area contributed by atoms with E-state index in [9.17, 15) is 0 Å². The van der Waals surface area contributed by atoms with Crippen LogP contribution in [0.1, 0.15) is 32.6 Å². The highest BCUT2D eigenvalue weighted by atomic mass is 16.5. The van der Waals surface area contributed by atoms with Gasteiger partial charge in [0.2, 0.25) is 0 Å². The standard InChI is InChI=1S/C14H28N2O/c1-12(8-15-14-5-6-14)9-16(2)10-13-4-3-7-17-11-13/h12-15H,3-11H2,1-2H3. The van der Waals surface area contributed by atoms with Crippen LogP contribution in [-0.4, -0.2) is 50.8 Å². The molecule has 1 aliphatic heterocycles. The Morgan fingerprint density at radius 3 is 2.82 bits per heavy atom. The van der Waals surface area contributed by atoms with Crippen molar-refractivity contribution in [2.45, 2.75) is 38.6 Å². The van der Waals surface area contributed by atoms with Gasteiger partial charge in [0.1, 0.15) is 0 Å². The van der Waals surface area contributed by atoms with Crippen LogP contribution in [-0.2, 0) is 4.74 Å². The Labute approximate surface area is 106 Å². The molecule has 0 spiro atoms. The second kappa shape index (κ2) is 6.72. The van der Waals surface area contributed by atoms with E-state index in [-0.39, 0.29) is 0 Å². The highest BCUT2D eigenvalue weighted by Crippen LogP contribution is 2.19. The number of hydrogen-bond acceptors (Lipinski definition) is 3. The molecule has 17 heavy (non-hydrogen) atoms. The van der Waals surface area contributed by atoms with Crippen LogP contribution in [0.4, 0.5) is 0 Å². The predicted molar refractivity (Wildman–Crippen MR) is 71.2 cm³/mol. The van der Waals surface area contributed by atoms with E-state index in [0.29, 0.717) is 0 Å². The highest BCUT2D eigenvalue weighted by Gasteiger charge is 2.21. The lowest BCUT2D eigenvalue weighted by Crippen LogP contribution is -2.36. The first-order valence-electron chi connectivity index (χ1n) is 7.23. The number of hydrogen-bond donors (Lipinski definition) is 1. The van der Waals surface area contributed by atoms with Crippen LogP contribution in [0.5, 0.6) is 0 Å². The van der Waals surface area contributed by atoms with E-state index in [2.05, 4.69) is 24.2 Å². The molecule has 2 rings (SSSR count). The summed E-state index contributed by atoms with van der Waals surface area (Å²) in [6.07, 6.45) is 5.38. The summed E-state index contributed by atoms with van der Waals surface area (Å²) in [4.78, 5) is 2.48. The predicted octanol–water partition coefficient (Wildman–Crippen LogP) is 1.73. The molecule has 2 unspecified atom stereocenters. The van der Waals surface area contributed by atoms with Gasteiger partial charge >= 0.3 is 0 Å². The van der Waals surface area contributed by atoms with Crippen molar-refractivity contribution < 1.29 is 4.74 Å². The smallest absolute Gasteiger partial charge is 0.0506 e. The van der Waals surface area contributed by atoms with Crippen LogP contribution < -0.4 is 5.32 Å². The minimum atomic E-state index is 0.755. The Balaban J connectivity index is 1.56. The summed E-state index contributed by atoms with van der Waals surface area (Å²) in [5.74, 6) is 1.52. The molecule has 2 aliphatic rings. The van der Waals surface area contributed by atoms with Crippen LogP contribution in [0.25, 0.3) is 0 Å². The van der Waals surface area contributed by atoms with E-state index in [4.69, 9.17) is 4.74 Å². The largest absolute Gasteiger partial charge is 0.381 e. The van der Waals surface area contributed by atoms with Crippen molar-refractivity contribution in [2.24, 2.45) is 11.8 Å². The van der Waals surface area contributed by atoms with Gasteiger partial charge in [-0.05, 0) is 51.1 Å². The van der Waals surface area contributed by atoms with E-state index in [1.54, 1.807) is 0 Å². The Morgan fingerprint density at radius 1 is 1.35 bits per heavy atom. The molecule has 2 atom stereocenters. The van der Waals surface area contributed by atoms with Crippen molar-refractivity contribution >= 4 is 0 Å². The lowest BCUT2D eigenvalue weighted by atomic mass is 10.0. The van der Waals surface area contributed by atoms with Crippen molar-refractivity contribution in [2.75, 3.05) is 39.9 Å². The molecule has 2 fully saturated rings. The first-order chi connectivity index (χ1) is 8.24. The molecule has 0 aromatic carbocycles. The second-order valence-electron chi connectivity index (χ2n) is 6.09. The van der Waals surface area contributed by atoms with E-state index < -0.39 is 0 Å². The first-order valence-corrected chi connectivity index (χ1v) is 7.23. The average molecular weight is 240 g/mol. The summed E-state index contributed by atoms with van der Waals surface area (Å²) in [6, 6.07) is 0.842. The summed E-state index contributed by atoms with van der Waals surface area (Å²) >= 11 is 0. The van der Waals surface area contributed by atoms with Gasteiger partial charge in [-0.3, -0.25) is 0 Å². The van der Waals surface area contributed by atoms with Gasteiger partial charge in [0.05, 0.1) is 6.61 Å². The van der Waals surface area contributed by atoms with Gasteiger partial charge in [0.25, 0.3) is 0 Å². The van der Waals surface area contributed by atoms with Crippen molar-refractivity contribution in [3.63, 3.8) is 0 Å². The van der Waals surface area contributed by atoms with Crippen LogP contribution in [0.15, 0.2) is 0 Å². The van der Waals surface area contributed by atoms with Crippen LogP contribution in [0.2, 0.25) is 0 Å². The van der Waals surface area contributed by atoms with Crippen LogP contribution in [0, 0.1) is 11.8 Å². The van der Waals surface area contributed by atoms with Crippen LogP contribution >= 0.6 is 0 Å². The molecule has 3 nitrogen and oxygen atoms in total. The molecule has 1 saturated heterocycles. The van der Waals surface area contributed by atoms with Gasteiger partial charge in [-0.15, -0.1) is 0 Å². The Morgan fingerprint density at radius 2 is 2.18 bits per heavy atom. The maximum Gasteiger partial charge on any atom is 0.0506 e. The van der Waals surface area contributed by atoms with Gasteiger partial charge in [-0.2, -0.15) is 0 Å². The summed E-state index contributed by atoms with van der Waals surface area (Å²) in [7, 11) is 2.25. The maximum atomic E-state index is 5.54. The van der Waals surface area contributed by atoms with E-state index >= 15 is 0 Å². The molecule has 1 heterocycles. The monoisotopic (exact) mass is 240 g/mol. The minimum absolute atomic E-state index is 0.755. The molecule has 1 aliphatic carbocycles. The molecule has 0 bridgehead atoms. The van der Waals surface area contributed by atoms with Crippen molar-refractivity contribution in [3.05, 3.63) is 0 Å². The molecule has 0 aromatic rings. The third-order valence-corrected chi connectivity index (χ3v) is 3.78. The molecule has 100 valence electrons. The second-order valence-corrected chi connectivity index (χ2v) is 6.09. The topological polar surface area (TPSA) is 24.5 Å². The number of nitrogens with one attached hydrogen (secondary N) is 1. The minimum Gasteiger partial charge on any atom is -0.381 e. The summed E-state index contributed by atoms with van der Waals surface area (Å²) < 4.78 is 5.54. The van der Waals surface area contributed by atoms with Crippen LogP contribution in [0.3, 0.4) is 0 Å². The molecule has 1 saturated carbocycles. The Hall–Kier alpha value is -0.120. The zero-order valence-electron chi connectivity index (χ0n) is 11.5. The van der Waals surface area contributed by atoms with Gasteiger partial charge in [-0.1, -0.05) is 6.92 Å². The third kappa shape index (κ3) is 5.36. The van der Waals surface area contributed by atoms with E-state index in [1.807, 2.05) is 0 Å². The maximum absolute atomic E-state index is 5.54. The fourth-order valence-electron chi connectivity index (χ4n) is 2.72. The van der Waals surface area contributed by atoms with Gasteiger partial charge in [0.15, 0.2) is 0 Å². The lowest BCUT2D eigenvalue weighted by Gasteiger charge is -2.28. The SMILES string of the molecule is CC(CNC1CC1)CN(C)CC1CCCOC1. The number of ether oxygens (including phenoxy) is 1. The molecule has 0 amide bonds. The number of nitrogens with zero attached hydrogens (tertiary/aromatic N) is 1. The summed E-state index contributed by atoms with van der Waals surface area (Å²) in [5.41, 5.74) is 0. The Kier molecular flexibility index (Phi) is 5.26. The fourth-order valence-corrected chi connectivity index (χ4v) is 2.72. The Bertz CT molecular complexity index is 212. The number of rotatable bonds is 7. The molecule has 0 radical (unpaired) electrons. The molecule has 1 N–H and O–H groups in total. The fraction of sp³-hybridized carbons (Fsp3) is 1.00. The molecular weight excluding hydrogens is 212 g/mol. The molecular formula is C14H28N2O. The molecule has 3 heteroatoms. The van der Waals surface area contributed by atoms with Crippen molar-refractivity contribution in [3.8, 4) is 0 Å². The average Bonchev–Trinajstić information content (AvgIpc) is 3.11. The van der Waals surface area contributed by atoms with Gasteiger partial charge in [0, 0.05) is 25.7 Å². The summed E-state index contributed by atoms with van der Waals surface area (Å²) in [6.45, 7) is 7.88. The first kappa shape index (κ1) is 13.3. The third-order valence-electron chi connectivity index (χ3n) is 3.78. The lowest BCUT2D eigenvalue weighted by molar-refractivity contribution is 0.0405. The van der Waals surface area contributed by atoms with E-state index in [1.165, 1.54) is 45.3 Å². The van der Waals surface area contributed by atoms with Crippen molar-refractivity contribution in [1.29, 1.82) is 0 Å². The zero-order valence-corrected chi connectivity index (χ0v) is 11.5. The van der Waals surface area contributed by atoms with Gasteiger partial charge in [-0.25, -0.2) is 0 Å². The quantitative estimate of drug-likeness (QED) is 0.733.